The van der Waals surface area contributed by atoms with Crippen molar-refractivity contribution in [2.75, 3.05) is 6.61 Å². The van der Waals surface area contributed by atoms with Crippen LogP contribution in [0.5, 0.6) is 5.75 Å². The van der Waals surface area contributed by atoms with Gasteiger partial charge in [-0.15, -0.1) is 0 Å². The number of aryl methyl sites for hydroxylation is 1. The van der Waals surface area contributed by atoms with E-state index in [9.17, 15) is 9.90 Å². The predicted molar refractivity (Wildman–Crippen MR) is 89.0 cm³/mol. The molecule has 5 atom stereocenters. The number of nitrogens with one attached hydrogen (secondary N) is 1. The Kier molecular flexibility index (Phi) is 5.02. The number of rotatable bonds is 3. The van der Waals surface area contributed by atoms with Crippen molar-refractivity contribution < 1.29 is 28.8 Å². The molecule has 2 N–H and O–H groups in total. The van der Waals surface area contributed by atoms with Gasteiger partial charge in [0.1, 0.15) is 30.1 Å². The number of para-hydroxylation sites is 1. The SMILES string of the molecule is CC(=O)N[C@@H]1[C@@H](Oc2ccccc2C)O[C@H]2COC(C)(C)O[C@@H]2[C@H]1O. The van der Waals surface area contributed by atoms with Gasteiger partial charge in [-0.3, -0.25) is 4.79 Å². The molecular weight excluding hydrogens is 326 g/mol. The maximum absolute atomic E-state index is 11.6. The summed E-state index contributed by atoms with van der Waals surface area (Å²) in [5, 5.41) is 13.5. The molecule has 1 amide bonds. The van der Waals surface area contributed by atoms with E-state index >= 15 is 0 Å². The molecule has 2 saturated heterocycles. The Balaban J connectivity index is 1.83. The summed E-state index contributed by atoms with van der Waals surface area (Å²) in [6, 6.07) is 6.74. The van der Waals surface area contributed by atoms with Gasteiger partial charge < -0.3 is 29.4 Å². The first-order valence-electron chi connectivity index (χ1n) is 8.41. The first-order chi connectivity index (χ1) is 11.8. The first kappa shape index (κ1) is 18.1. The monoisotopic (exact) mass is 351 g/mol. The molecule has 2 fully saturated rings. The van der Waals surface area contributed by atoms with Crippen LogP contribution >= 0.6 is 0 Å². The fraction of sp³-hybridized carbons (Fsp3) is 0.611. The van der Waals surface area contributed by atoms with Gasteiger partial charge in [0.25, 0.3) is 0 Å². The molecule has 7 nitrogen and oxygen atoms in total. The van der Waals surface area contributed by atoms with Crippen LogP contribution < -0.4 is 10.1 Å². The molecule has 0 radical (unpaired) electrons. The second-order valence-electron chi connectivity index (χ2n) is 6.94. The minimum absolute atomic E-state index is 0.273. The Hall–Kier alpha value is -1.67. The fourth-order valence-corrected chi connectivity index (χ4v) is 3.15. The summed E-state index contributed by atoms with van der Waals surface area (Å²) in [5.41, 5.74) is 0.932. The average molecular weight is 351 g/mol. The quantitative estimate of drug-likeness (QED) is 0.849. The minimum Gasteiger partial charge on any atom is -0.462 e. The van der Waals surface area contributed by atoms with Gasteiger partial charge in [0.05, 0.1) is 6.61 Å². The molecule has 0 saturated carbocycles. The molecule has 2 heterocycles. The van der Waals surface area contributed by atoms with Gasteiger partial charge in [0.15, 0.2) is 5.79 Å². The van der Waals surface area contributed by atoms with Crippen LogP contribution in [0.25, 0.3) is 0 Å². The van der Waals surface area contributed by atoms with E-state index in [-0.39, 0.29) is 12.5 Å². The normalized spacial score (nSPS) is 34.0. The molecule has 2 aliphatic rings. The standard InChI is InChI=1S/C18H25NO6/c1-10-7-5-6-8-12(10)23-17-14(19-11(2)20)15(21)16-13(24-17)9-22-18(3,4)25-16/h5-8,13-17,21H,9H2,1-4H3,(H,19,20)/t13-,14-,15-,16-,17-/m0/s1. The highest BCUT2D eigenvalue weighted by atomic mass is 16.8. The van der Waals surface area contributed by atoms with Crippen LogP contribution in [0.3, 0.4) is 0 Å². The van der Waals surface area contributed by atoms with Crippen molar-refractivity contribution in [2.24, 2.45) is 0 Å². The Bertz CT molecular complexity index is 634. The summed E-state index contributed by atoms with van der Waals surface area (Å²) < 4.78 is 23.4. The molecule has 1 aromatic rings. The van der Waals surface area contributed by atoms with Crippen molar-refractivity contribution in [3.05, 3.63) is 29.8 Å². The van der Waals surface area contributed by atoms with Gasteiger partial charge >= 0.3 is 0 Å². The van der Waals surface area contributed by atoms with E-state index in [1.54, 1.807) is 13.8 Å². The Morgan fingerprint density at radius 2 is 2.08 bits per heavy atom. The van der Waals surface area contributed by atoms with E-state index in [4.69, 9.17) is 18.9 Å². The van der Waals surface area contributed by atoms with Crippen LogP contribution in [0.15, 0.2) is 24.3 Å². The van der Waals surface area contributed by atoms with Crippen molar-refractivity contribution in [1.29, 1.82) is 0 Å². The predicted octanol–water partition coefficient (Wildman–Crippen LogP) is 1.12. The summed E-state index contributed by atoms with van der Waals surface area (Å²) in [5.74, 6) is -0.474. The van der Waals surface area contributed by atoms with E-state index in [1.165, 1.54) is 6.92 Å². The first-order valence-corrected chi connectivity index (χ1v) is 8.41. The lowest BCUT2D eigenvalue weighted by Gasteiger charge is -2.49. The maximum atomic E-state index is 11.6. The van der Waals surface area contributed by atoms with Crippen molar-refractivity contribution in [3.8, 4) is 5.75 Å². The number of amides is 1. The zero-order chi connectivity index (χ0) is 18.2. The number of hydrogen-bond donors (Lipinski definition) is 2. The number of carbonyl (C=O) groups is 1. The third-order valence-corrected chi connectivity index (χ3v) is 4.39. The lowest BCUT2D eigenvalue weighted by Crippen LogP contribution is -2.69. The Morgan fingerprint density at radius 1 is 1.36 bits per heavy atom. The summed E-state index contributed by atoms with van der Waals surface area (Å²) >= 11 is 0. The van der Waals surface area contributed by atoms with Crippen molar-refractivity contribution in [2.45, 2.75) is 64.1 Å². The van der Waals surface area contributed by atoms with Crippen LogP contribution in [0.4, 0.5) is 0 Å². The van der Waals surface area contributed by atoms with Gasteiger partial charge in [-0.1, -0.05) is 18.2 Å². The molecule has 1 aromatic carbocycles. The molecule has 138 valence electrons. The Labute approximate surface area is 147 Å². The molecule has 0 aliphatic carbocycles. The highest BCUT2D eigenvalue weighted by Crippen LogP contribution is 2.33. The largest absolute Gasteiger partial charge is 0.462 e. The zero-order valence-electron chi connectivity index (χ0n) is 14.9. The van der Waals surface area contributed by atoms with Crippen molar-refractivity contribution in [3.63, 3.8) is 0 Å². The number of fused-ring (bicyclic) bond motifs is 1. The minimum atomic E-state index is -0.986. The summed E-state index contributed by atoms with van der Waals surface area (Å²) in [4.78, 5) is 11.6. The van der Waals surface area contributed by atoms with Gasteiger partial charge in [0.2, 0.25) is 12.2 Å². The number of benzene rings is 1. The molecule has 0 unspecified atom stereocenters. The Morgan fingerprint density at radius 3 is 2.76 bits per heavy atom. The number of ether oxygens (including phenoxy) is 4. The maximum Gasteiger partial charge on any atom is 0.223 e. The van der Waals surface area contributed by atoms with Gasteiger partial charge in [-0.2, -0.15) is 0 Å². The van der Waals surface area contributed by atoms with Crippen LogP contribution in [0.1, 0.15) is 26.3 Å². The molecule has 7 heteroatoms. The smallest absolute Gasteiger partial charge is 0.223 e. The number of aliphatic hydroxyl groups excluding tert-OH is 1. The van der Waals surface area contributed by atoms with Crippen molar-refractivity contribution in [1.82, 2.24) is 5.32 Å². The molecule has 3 rings (SSSR count). The topological polar surface area (TPSA) is 86.3 Å². The van der Waals surface area contributed by atoms with Gasteiger partial charge in [-0.25, -0.2) is 0 Å². The molecule has 0 bridgehead atoms. The number of carbonyl (C=O) groups excluding carboxylic acids is 1. The van der Waals surface area contributed by atoms with E-state index in [1.807, 2.05) is 31.2 Å². The summed E-state index contributed by atoms with van der Waals surface area (Å²) in [6.45, 7) is 7.13. The summed E-state index contributed by atoms with van der Waals surface area (Å²) in [7, 11) is 0. The van der Waals surface area contributed by atoms with Gasteiger partial charge in [-0.05, 0) is 32.4 Å². The highest BCUT2D eigenvalue weighted by molar-refractivity contribution is 5.73. The van der Waals surface area contributed by atoms with Crippen LogP contribution in [-0.4, -0.2) is 54.1 Å². The lowest BCUT2D eigenvalue weighted by atomic mass is 9.95. The van der Waals surface area contributed by atoms with Gasteiger partial charge in [0, 0.05) is 6.92 Å². The van der Waals surface area contributed by atoms with Crippen molar-refractivity contribution >= 4 is 5.91 Å². The third kappa shape index (κ3) is 3.95. The zero-order valence-corrected chi connectivity index (χ0v) is 14.9. The summed E-state index contributed by atoms with van der Waals surface area (Å²) in [6.07, 6.45) is -2.94. The fourth-order valence-electron chi connectivity index (χ4n) is 3.15. The van der Waals surface area contributed by atoms with E-state index in [2.05, 4.69) is 5.32 Å². The highest BCUT2D eigenvalue weighted by Gasteiger charge is 2.52. The van der Waals surface area contributed by atoms with Crippen LogP contribution in [0, 0.1) is 6.92 Å². The molecular formula is C18H25NO6. The van der Waals surface area contributed by atoms with E-state index in [0.717, 1.165) is 5.56 Å². The second-order valence-corrected chi connectivity index (χ2v) is 6.94. The third-order valence-electron chi connectivity index (χ3n) is 4.39. The van der Waals surface area contributed by atoms with Crippen LogP contribution in [0.2, 0.25) is 0 Å². The molecule has 2 aliphatic heterocycles. The van der Waals surface area contributed by atoms with E-state index < -0.39 is 36.4 Å². The molecule has 0 spiro atoms. The number of aliphatic hydroxyl groups is 1. The van der Waals surface area contributed by atoms with E-state index in [0.29, 0.717) is 5.75 Å². The van der Waals surface area contributed by atoms with Crippen LogP contribution in [-0.2, 0) is 19.0 Å². The number of hydrogen-bond acceptors (Lipinski definition) is 6. The molecule has 0 aromatic heterocycles. The lowest BCUT2D eigenvalue weighted by molar-refractivity contribution is -0.361. The average Bonchev–Trinajstić information content (AvgIpc) is 2.53. The molecule has 25 heavy (non-hydrogen) atoms. The second kappa shape index (κ2) is 6.92.